The Morgan fingerprint density at radius 3 is 2.03 bits per heavy atom. The molecule has 1 aliphatic heterocycles. The highest BCUT2D eigenvalue weighted by Gasteiger charge is 2.38. The maximum Gasteiger partial charge on any atom is 0.251 e. The van der Waals surface area contributed by atoms with E-state index in [4.69, 9.17) is 0 Å². The highest BCUT2D eigenvalue weighted by Crippen LogP contribution is 2.50. The standard InChI is InChI=1S/C32H34F2N2O2/c33-27-15-11-23(12-16-27)22-7-9-25(10-8-22)31(37)35-30(32(38)36-19-2-1-3-20-36)6-4-5-26-21-29(26)24-13-17-28(34)18-14-24/h7-18,26,29-30H,1-6,19-21H2,(H,35,37)/t26-,29+,30+/m1/s1. The summed E-state index contributed by atoms with van der Waals surface area (Å²) in [6.07, 6.45) is 6.64. The van der Waals surface area contributed by atoms with Crippen molar-refractivity contribution in [3.8, 4) is 11.1 Å². The minimum Gasteiger partial charge on any atom is -0.341 e. The number of likely N-dealkylation sites (tertiary alicyclic amines) is 1. The second kappa shape index (κ2) is 11.9. The zero-order valence-electron chi connectivity index (χ0n) is 21.5. The van der Waals surface area contributed by atoms with E-state index < -0.39 is 6.04 Å². The zero-order chi connectivity index (χ0) is 26.5. The van der Waals surface area contributed by atoms with Crippen molar-refractivity contribution in [2.75, 3.05) is 13.1 Å². The van der Waals surface area contributed by atoms with Crippen molar-refractivity contribution in [3.63, 3.8) is 0 Å². The van der Waals surface area contributed by atoms with Gasteiger partial charge in [0.15, 0.2) is 0 Å². The lowest BCUT2D eigenvalue weighted by molar-refractivity contribution is -0.134. The first-order valence-electron chi connectivity index (χ1n) is 13.7. The Labute approximate surface area is 223 Å². The fourth-order valence-electron chi connectivity index (χ4n) is 5.56. The van der Waals surface area contributed by atoms with Gasteiger partial charge in [-0.2, -0.15) is 0 Å². The van der Waals surface area contributed by atoms with Crippen molar-refractivity contribution in [1.29, 1.82) is 0 Å². The van der Waals surface area contributed by atoms with E-state index in [0.717, 1.165) is 62.7 Å². The summed E-state index contributed by atoms with van der Waals surface area (Å²) < 4.78 is 26.5. The molecule has 0 spiro atoms. The molecule has 3 aromatic carbocycles. The van der Waals surface area contributed by atoms with Crippen LogP contribution in [0.5, 0.6) is 0 Å². The normalized spacial score (nSPS) is 19.6. The Morgan fingerprint density at radius 1 is 0.816 bits per heavy atom. The third-order valence-electron chi connectivity index (χ3n) is 7.88. The minimum atomic E-state index is -0.555. The lowest BCUT2D eigenvalue weighted by Gasteiger charge is -2.31. The van der Waals surface area contributed by atoms with Crippen LogP contribution in [0, 0.1) is 17.6 Å². The molecule has 1 aliphatic carbocycles. The number of rotatable bonds is 9. The lowest BCUT2D eigenvalue weighted by atomic mass is 10.0. The number of amides is 2. The third kappa shape index (κ3) is 6.47. The average molecular weight is 517 g/mol. The monoisotopic (exact) mass is 516 g/mol. The van der Waals surface area contributed by atoms with Crippen LogP contribution in [0.15, 0.2) is 72.8 Å². The van der Waals surface area contributed by atoms with Crippen molar-refractivity contribution in [1.82, 2.24) is 10.2 Å². The van der Waals surface area contributed by atoms with Gasteiger partial charge in [0, 0.05) is 18.7 Å². The van der Waals surface area contributed by atoms with Crippen LogP contribution in [-0.2, 0) is 4.79 Å². The Balaban J connectivity index is 1.20. The molecule has 2 fully saturated rings. The lowest BCUT2D eigenvalue weighted by Crippen LogP contribution is -2.50. The van der Waals surface area contributed by atoms with Crippen molar-refractivity contribution in [3.05, 3.63) is 95.6 Å². The molecule has 2 aliphatic rings. The van der Waals surface area contributed by atoms with Crippen molar-refractivity contribution in [2.45, 2.75) is 56.9 Å². The van der Waals surface area contributed by atoms with E-state index in [0.29, 0.717) is 23.8 Å². The van der Waals surface area contributed by atoms with Crippen LogP contribution in [0.25, 0.3) is 11.1 Å². The third-order valence-corrected chi connectivity index (χ3v) is 7.88. The number of piperidine rings is 1. The Morgan fingerprint density at radius 2 is 1.39 bits per heavy atom. The Bertz CT molecular complexity index is 1240. The molecule has 4 nitrogen and oxygen atoms in total. The summed E-state index contributed by atoms with van der Waals surface area (Å²) in [4.78, 5) is 28.4. The molecular formula is C32H34F2N2O2. The van der Waals surface area contributed by atoms with E-state index in [1.807, 2.05) is 29.2 Å². The smallest absolute Gasteiger partial charge is 0.251 e. The summed E-state index contributed by atoms with van der Waals surface area (Å²) in [7, 11) is 0. The largest absolute Gasteiger partial charge is 0.341 e. The predicted octanol–water partition coefficient (Wildman–Crippen LogP) is 6.72. The van der Waals surface area contributed by atoms with Gasteiger partial charge in [-0.3, -0.25) is 9.59 Å². The van der Waals surface area contributed by atoms with Gasteiger partial charge < -0.3 is 10.2 Å². The van der Waals surface area contributed by atoms with Crippen molar-refractivity contribution >= 4 is 11.8 Å². The fourth-order valence-corrected chi connectivity index (χ4v) is 5.56. The number of hydrogen-bond acceptors (Lipinski definition) is 2. The number of halogens is 2. The number of nitrogens with zero attached hydrogens (tertiary/aromatic N) is 1. The molecule has 3 atom stereocenters. The maximum atomic E-state index is 13.4. The van der Waals surface area contributed by atoms with Gasteiger partial charge >= 0.3 is 0 Å². The van der Waals surface area contributed by atoms with Crippen molar-refractivity contribution in [2.24, 2.45) is 5.92 Å². The van der Waals surface area contributed by atoms with Gasteiger partial charge in [-0.05, 0) is 103 Å². The number of carbonyl (C=O) groups excluding carboxylic acids is 2. The maximum absolute atomic E-state index is 13.4. The molecule has 3 aromatic rings. The number of hydrogen-bond donors (Lipinski definition) is 1. The van der Waals surface area contributed by atoms with E-state index in [2.05, 4.69) is 5.32 Å². The quantitative estimate of drug-likeness (QED) is 0.343. The number of carbonyl (C=O) groups is 2. The van der Waals surface area contributed by atoms with Crippen LogP contribution < -0.4 is 5.32 Å². The van der Waals surface area contributed by atoms with E-state index >= 15 is 0 Å². The molecular weight excluding hydrogens is 482 g/mol. The summed E-state index contributed by atoms with van der Waals surface area (Å²) in [5, 5.41) is 3.02. The highest BCUT2D eigenvalue weighted by atomic mass is 19.1. The minimum absolute atomic E-state index is 0.00636. The first-order valence-corrected chi connectivity index (χ1v) is 13.7. The Hall–Kier alpha value is -3.54. The molecule has 1 saturated carbocycles. The van der Waals surface area contributed by atoms with Crippen LogP contribution in [0.2, 0.25) is 0 Å². The summed E-state index contributed by atoms with van der Waals surface area (Å²) in [5.41, 5.74) is 3.43. The predicted molar refractivity (Wildman–Crippen MR) is 145 cm³/mol. The van der Waals surface area contributed by atoms with Crippen molar-refractivity contribution < 1.29 is 18.4 Å². The summed E-state index contributed by atoms with van der Waals surface area (Å²) >= 11 is 0. The van der Waals surface area contributed by atoms with Gasteiger partial charge in [0.1, 0.15) is 17.7 Å². The molecule has 1 heterocycles. The summed E-state index contributed by atoms with van der Waals surface area (Å²) in [6.45, 7) is 1.49. The molecule has 1 saturated heterocycles. The number of nitrogens with one attached hydrogen (secondary N) is 1. The van der Waals surface area contributed by atoms with E-state index in [1.165, 1.54) is 29.8 Å². The highest BCUT2D eigenvalue weighted by molar-refractivity contribution is 5.98. The summed E-state index contributed by atoms with van der Waals surface area (Å²) in [6, 6.07) is 19.6. The molecule has 198 valence electrons. The molecule has 0 aromatic heterocycles. The van der Waals surface area contributed by atoms with Gasteiger partial charge in [0.2, 0.25) is 5.91 Å². The first kappa shape index (κ1) is 26.1. The summed E-state index contributed by atoms with van der Waals surface area (Å²) in [5.74, 6) is 0.239. The van der Waals surface area contributed by atoms with Gasteiger partial charge in [-0.1, -0.05) is 42.8 Å². The molecule has 1 N–H and O–H groups in total. The van der Waals surface area contributed by atoms with E-state index in [1.54, 1.807) is 24.3 Å². The zero-order valence-corrected chi connectivity index (χ0v) is 21.5. The van der Waals surface area contributed by atoms with Crippen LogP contribution >= 0.6 is 0 Å². The second-order valence-corrected chi connectivity index (χ2v) is 10.6. The Kier molecular flexibility index (Phi) is 8.16. The molecule has 38 heavy (non-hydrogen) atoms. The van der Waals surface area contributed by atoms with Crippen LogP contribution in [-0.4, -0.2) is 35.8 Å². The molecule has 0 unspecified atom stereocenters. The number of benzene rings is 3. The fraction of sp³-hybridized carbons (Fsp3) is 0.375. The topological polar surface area (TPSA) is 49.4 Å². The second-order valence-electron chi connectivity index (χ2n) is 10.6. The molecule has 6 heteroatoms. The van der Waals surface area contributed by atoms with Crippen LogP contribution in [0.1, 0.15) is 66.8 Å². The molecule has 0 bridgehead atoms. The SMILES string of the molecule is O=C(N[C@@H](CCC[C@@H]1C[C@H]1c1ccc(F)cc1)C(=O)N1CCCCC1)c1ccc(-c2ccc(F)cc2)cc1. The molecule has 2 amide bonds. The molecule has 5 rings (SSSR count). The van der Waals surface area contributed by atoms with Gasteiger partial charge in [0.25, 0.3) is 5.91 Å². The van der Waals surface area contributed by atoms with E-state index in [9.17, 15) is 18.4 Å². The van der Waals surface area contributed by atoms with Crippen LogP contribution in [0.4, 0.5) is 8.78 Å². The van der Waals surface area contributed by atoms with E-state index in [-0.39, 0.29) is 23.4 Å². The first-order chi connectivity index (χ1) is 18.5. The average Bonchev–Trinajstić information content (AvgIpc) is 3.73. The van der Waals surface area contributed by atoms with Gasteiger partial charge in [-0.25, -0.2) is 8.78 Å². The van der Waals surface area contributed by atoms with Gasteiger partial charge in [-0.15, -0.1) is 0 Å². The van der Waals surface area contributed by atoms with Crippen LogP contribution in [0.3, 0.4) is 0 Å². The van der Waals surface area contributed by atoms with Gasteiger partial charge in [0.05, 0.1) is 0 Å². The molecule has 0 radical (unpaired) electrons.